The molecular formula is C27H50O4Si. The van der Waals surface area contributed by atoms with Crippen LogP contribution in [0.5, 0.6) is 0 Å². The van der Waals surface area contributed by atoms with E-state index in [1.807, 2.05) is 0 Å². The standard InChI is InChI=1S/C27H50O4Si/c1-8-9-10-11-12-14-17-22-20-21-24(28)23(22)18-15-13-16-19-25(26(29)30-5)31-32(6,7)27(2,3)4/h13-15,17,22-25,28H,8-12,16,18-21H2,1-7H3/t22-,23+,24?,25?/m0/s1. The lowest BCUT2D eigenvalue weighted by Gasteiger charge is -2.38. The first-order valence-corrected chi connectivity index (χ1v) is 15.7. The molecule has 0 aromatic carbocycles. The second-order valence-corrected chi connectivity index (χ2v) is 15.7. The number of methoxy groups -OCH3 is 1. The quantitative estimate of drug-likeness (QED) is 0.127. The number of carbonyl (C=O) groups is 1. The fourth-order valence-electron chi connectivity index (χ4n) is 4.12. The van der Waals surface area contributed by atoms with Crippen molar-refractivity contribution in [1.82, 2.24) is 0 Å². The molecule has 4 nitrogen and oxygen atoms in total. The number of ether oxygens (including phenoxy) is 1. The van der Waals surface area contributed by atoms with Crippen molar-refractivity contribution in [2.75, 3.05) is 7.11 Å². The van der Waals surface area contributed by atoms with Gasteiger partial charge in [0.15, 0.2) is 8.32 Å². The summed E-state index contributed by atoms with van der Waals surface area (Å²) in [5, 5.41) is 10.5. The van der Waals surface area contributed by atoms with E-state index in [9.17, 15) is 9.90 Å². The number of allylic oxidation sites excluding steroid dienone is 4. The predicted octanol–water partition coefficient (Wildman–Crippen LogP) is 7.19. The van der Waals surface area contributed by atoms with Crippen molar-refractivity contribution in [3.8, 4) is 0 Å². The number of unbranched alkanes of at least 4 members (excludes halogenated alkanes) is 4. The van der Waals surface area contributed by atoms with Crippen LogP contribution in [0, 0.1) is 11.8 Å². The summed E-state index contributed by atoms with van der Waals surface area (Å²) in [6.07, 6.45) is 18.9. The van der Waals surface area contributed by atoms with Gasteiger partial charge in [-0.3, -0.25) is 0 Å². The van der Waals surface area contributed by atoms with Gasteiger partial charge in [0, 0.05) is 0 Å². The summed E-state index contributed by atoms with van der Waals surface area (Å²) < 4.78 is 11.3. The van der Waals surface area contributed by atoms with Crippen LogP contribution in [0.1, 0.15) is 91.9 Å². The Morgan fingerprint density at radius 1 is 1.09 bits per heavy atom. The predicted molar refractivity (Wildman–Crippen MR) is 137 cm³/mol. The van der Waals surface area contributed by atoms with E-state index < -0.39 is 14.4 Å². The van der Waals surface area contributed by atoms with E-state index in [0.29, 0.717) is 18.3 Å². The average molecular weight is 467 g/mol. The Balaban J connectivity index is 2.53. The van der Waals surface area contributed by atoms with Gasteiger partial charge in [-0.2, -0.15) is 0 Å². The third kappa shape index (κ3) is 9.92. The molecule has 5 heteroatoms. The third-order valence-electron chi connectivity index (χ3n) is 7.33. The number of esters is 1. The Hall–Kier alpha value is -0.913. The van der Waals surface area contributed by atoms with Crippen molar-refractivity contribution >= 4 is 14.3 Å². The lowest BCUT2D eigenvalue weighted by atomic mass is 9.90. The van der Waals surface area contributed by atoms with Crippen LogP contribution >= 0.6 is 0 Å². The molecule has 1 fully saturated rings. The van der Waals surface area contributed by atoms with Crippen molar-refractivity contribution in [1.29, 1.82) is 0 Å². The highest BCUT2D eigenvalue weighted by atomic mass is 28.4. The van der Waals surface area contributed by atoms with Gasteiger partial charge in [0.25, 0.3) is 0 Å². The highest BCUT2D eigenvalue weighted by Crippen LogP contribution is 2.38. The highest BCUT2D eigenvalue weighted by Gasteiger charge is 2.40. The molecule has 1 aliphatic rings. The molecule has 0 aliphatic heterocycles. The number of carbonyl (C=O) groups excluding carboxylic acids is 1. The highest BCUT2D eigenvalue weighted by molar-refractivity contribution is 6.74. The number of hydrogen-bond acceptors (Lipinski definition) is 4. The van der Waals surface area contributed by atoms with Crippen molar-refractivity contribution in [2.45, 2.75) is 122 Å². The molecule has 0 spiro atoms. The molecule has 0 bridgehead atoms. The maximum absolute atomic E-state index is 12.3. The Morgan fingerprint density at radius 2 is 1.81 bits per heavy atom. The van der Waals surface area contributed by atoms with Gasteiger partial charge in [0.2, 0.25) is 0 Å². The van der Waals surface area contributed by atoms with E-state index in [0.717, 1.165) is 32.1 Å². The van der Waals surface area contributed by atoms with Crippen molar-refractivity contribution in [2.24, 2.45) is 11.8 Å². The summed E-state index contributed by atoms with van der Waals surface area (Å²) in [5.74, 6) is 0.502. The van der Waals surface area contributed by atoms with E-state index in [1.54, 1.807) is 0 Å². The minimum atomic E-state index is -2.04. The molecule has 1 aliphatic carbocycles. The molecule has 186 valence electrons. The lowest BCUT2D eigenvalue weighted by Crippen LogP contribution is -2.46. The molecule has 0 heterocycles. The first-order chi connectivity index (χ1) is 15.0. The van der Waals surface area contributed by atoms with Crippen molar-refractivity contribution in [3.05, 3.63) is 24.3 Å². The molecule has 0 aromatic rings. The Kier molecular flexibility index (Phi) is 13.1. The van der Waals surface area contributed by atoms with Crippen LogP contribution in [-0.2, 0) is 14.0 Å². The van der Waals surface area contributed by atoms with Crippen molar-refractivity contribution < 1.29 is 19.1 Å². The molecule has 1 saturated carbocycles. The molecule has 32 heavy (non-hydrogen) atoms. The normalized spacial score (nSPS) is 23.3. The zero-order valence-corrected chi connectivity index (χ0v) is 22.9. The summed E-state index contributed by atoms with van der Waals surface area (Å²) in [6.45, 7) is 13.1. The van der Waals surface area contributed by atoms with E-state index in [4.69, 9.17) is 9.16 Å². The SMILES string of the molecule is CCCCCCC=C[C@H]1CCC(O)[C@@H]1CC=CCCC(O[Si](C)(C)C(C)(C)C)C(=O)OC. The molecule has 2 unspecified atom stereocenters. The Labute approximate surface area is 199 Å². The van der Waals surface area contributed by atoms with Crippen LogP contribution in [0.25, 0.3) is 0 Å². The van der Waals surface area contributed by atoms with Gasteiger partial charge >= 0.3 is 5.97 Å². The average Bonchev–Trinajstić information content (AvgIpc) is 3.07. The second-order valence-electron chi connectivity index (χ2n) is 10.9. The molecule has 0 saturated heterocycles. The Bertz CT molecular complexity index is 591. The number of rotatable bonds is 14. The molecule has 1 N–H and O–H groups in total. The smallest absolute Gasteiger partial charge is 0.333 e. The van der Waals surface area contributed by atoms with E-state index in [2.05, 4.69) is 65.1 Å². The lowest BCUT2D eigenvalue weighted by molar-refractivity contribution is -0.149. The van der Waals surface area contributed by atoms with E-state index in [-0.39, 0.29) is 17.1 Å². The van der Waals surface area contributed by atoms with Crippen LogP contribution in [0.4, 0.5) is 0 Å². The number of hydrogen-bond donors (Lipinski definition) is 1. The fourth-order valence-corrected chi connectivity index (χ4v) is 5.39. The van der Waals surface area contributed by atoms with E-state index >= 15 is 0 Å². The number of aliphatic hydroxyl groups excluding tert-OH is 1. The summed E-state index contributed by atoms with van der Waals surface area (Å²) in [5.41, 5.74) is 0. The summed E-state index contributed by atoms with van der Waals surface area (Å²) in [7, 11) is -0.615. The number of aliphatic hydroxyl groups is 1. The van der Waals surface area contributed by atoms with Crippen LogP contribution < -0.4 is 0 Å². The zero-order chi connectivity index (χ0) is 24.2. The van der Waals surface area contributed by atoms with Gasteiger partial charge in [-0.1, -0.05) is 71.3 Å². The minimum absolute atomic E-state index is 0.0479. The van der Waals surface area contributed by atoms with Crippen LogP contribution in [0.2, 0.25) is 18.1 Å². The summed E-state index contributed by atoms with van der Waals surface area (Å²) in [6, 6.07) is 0. The first kappa shape index (κ1) is 29.1. The third-order valence-corrected chi connectivity index (χ3v) is 11.8. The molecule has 0 amide bonds. The molecule has 0 aromatic heterocycles. The molecular weight excluding hydrogens is 416 g/mol. The maximum atomic E-state index is 12.3. The van der Waals surface area contributed by atoms with E-state index in [1.165, 1.54) is 32.8 Å². The van der Waals surface area contributed by atoms with Gasteiger partial charge in [-0.15, -0.1) is 0 Å². The zero-order valence-electron chi connectivity index (χ0n) is 21.9. The van der Waals surface area contributed by atoms with Crippen LogP contribution in [0.15, 0.2) is 24.3 Å². The van der Waals surface area contributed by atoms with Crippen LogP contribution in [-0.4, -0.2) is 38.7 Å². The van der Waals surface area contributed by atoms with Gasteiger partial charge in [-0.25, -0.2) is 4.79 Å². The maximum Gasteiger partial charge on any atom is 0.333 e. The fraction of sp³-hybridized carbons (Fsp3) is 0.815. The summed E-state index contributed by atoms with van der Waals surface area (Å²) in [4.78, 5) is 12.3. The van der Waals surface area contributed by atoms with Gasteiger partial charge in [0.05, 0.1) is 13.2 Å². The van der Waals surface area contributed by atoms with Gasteiger partial charge in [0.1, 0.15) is 6.10 Å². The molecule has 0 radical (unpaired) electrons. The topological polar surface area (TPSA) is 55.8 Å². The second kappa shape index (κ2) is 14.4. The first-order valence-electron chi connectivity index (χ1n) is 12.8. The molecule has 1 rings (SSSR count). The summed E-state index contributed by atoms with van der Waals surface area (Å²) >= 11 is 0. The Morgan fingerprint density at radius 3 is 2.44 bits per heavy atom. The van der Waals surface area contributed by atoms with Gasteiger partial charge < -0.3 is 14.3 Å². The monoisotopic (exact) mass is 466 g/mol. The molecule has 4 atom stereocenters. The largest absolute Gasteiger partial charge is 0.467 e. The minimum Gasteiger partial charge on any atom is -0.467 e. The van der Waals surface area contributed by atoms with Crippen molar-refractivity contribution in [3.63, 3.8) is 0 Å². The van der Waals surface area contributed by atoms with Gasteiger partial charge in [-0.05, 0) is 74.9 Å². The van der Waals surface area contributed by atoms with Crippen LogP contribution in [0.3, 0.4) is 0 Å².